The van der Waals surface area contributed by atoms with Crippen LogP contribution in [0.4, 0.5) is 17.6 Å². The minimum atomic E-state index is -4.60. The fraction of sp³-hybridized carbons (Fsp3) is 0.500. The van der Waals surface area contributed by atoms with Gasteiger partial charge in [0.25, 0.3) is 5.56 Å². The number of thioether (sulfide) groups is 1. The highest BCUT2D eigenvalue weighted by atomic mass is 32.2. The fourth-order valence-corrected chi connectivity index (χ4v) is 9.28. The number of hydrogen-bond donors (Lipinski definition) is 0. The molecule has 2 unspecified atom stereocenters. The Labute approximate surface area is 289 Å². The summed E-state index contributed by atoms with van der Waals surface area (Å²) in [4.78, 5) is 21.8. The molecule has 0 bridgehead atoms. The number of halogens is 4. The maximum atomic E-state index is 15.8. The number of aromatic nitrogens is 1. The Balaban J connectivity index is 1.36. The van der Waals surface area contributed by atoms with Gasteiger partial charge in [-0.15, -0.1) is 11.8 Å². The van der Waals surface area contributed by atoms with E-state index in [4.69, 9.17) is 17.0 Å². The maximum Gasteiger partial charge on any atom is 0.416 e. The maximum absolute atomic E-state index is 15.8. The van der Waals surface area contributed by atoms with Crippen LogP contribution in [0.15, 0.2) is 46.2 Å². The Morgan fingerprint density at radius 1 is 1.02 bits per heavy atom. The first kappa shape index (κ1) is 35.1. The van der Waals surface area contributed by atoms with Crippen LogP contribution in [-0.4, -0.2) is 96.9 Å². The van der Waals surface area contributed by atoms with Crippen molar-refractivity contribution >= 4 is 29.3 Å². The van der Waals surface area contributed by atoms with E-state index in [-0.39, 0.29) is 40.5 Å². The summed E-state index contributed by atoms with van der Waals surface area (Å²) in [5.41, 5.74) is 0.502. The molecule has 3 aromatic rings. The van der Waals surface area contributed by atoms with E-state index in [2.05, 4.69) is 21.7 Å². The first-order chi connectivity index (χ1) is 23.0. The molecular formula is C36H42F4N4O2S2. The first-order valence-electron chi connectivity index (χ1n) is 16.5. The van der Waals surface area contributed by atoms with E-state index in [0.717, 1.165) is 45.3 Å². The zero-order chi connectivity index (χ0) is 34.2. The molecule has 258 valence electrons. The van der Waals surface area contributed by atoms with Crippen molar-refractivity contribution in [2.45, 2.75) is 43.4 Å². The highest BCUT2D eigenvalue weighted by molar-refractivity contribution is 7.99. The summed E-state index contributed by atoms with van der Waals surface area (Å²) in [6.07, 6.45) is -2.20. The molecule has 4 heterocycles. The number of methoxy groups -OCH3 is 1. The second kappa shape index (κ2) is 14.6. The SMILES string of the molecule is COc1cccc(-c2c(C)c(Cc3c(C=S)cccc3C(F)(F)F)c3n(c2=O)C(CN2CCN(CC4CCCN(C)C4)CC2)CS3)c1F. The van der Waals surface area contributed by atoms with Crippen LogP contribution in [0.25, 0.3) is 11.1 Å². The molecule has 2 fully saturated rings. The largest absolute Gasteiger partial charge is 0.494 e. The molecule has 48 heavy (non-hydrogen) atoms. The summed E-state index contributed by atoms with van der Waals surface area (Å²) < 4.78 is 65.7. The molecule has 0 N–H and O–H groups in total. The second-order valence-electron chi connectivity index (χ2n) is 13.3. The quantitative estimate of drug-likeness (QED) is 0.186. The third kappa shape index (κ3) is 7.10. The molecule has 3 aliphatic rings. The molecule has 2 saturated heterocycles. The fourth-order valence-electron chi connectivity index (χ4n) is 7.68. The van der Waals surface area contributed by atoms with Crippen LogP contribution in [-0.2, 0) is 12.6 Å². The standard InChI is InChI=1S/C36H42F4N4O2S2/c1-23-28(17-29-25(21-47)8-4-10-30(29)36(38,39)40)35-44(34(45)32(23)27-9-5-11-31(46-3)33(27)37)26(22-48-35)20-43-15-13-42(14-16-43)19-24-7-6-12-41(2)18-24/h4-5,8-11,21,24,26H,6-7,12-20,22H2,1-3H3. The molecule has 0 amide bonds. The lowest BCUT2D eigenvalue weighted by atomic mass is 9.90. The molecule has 6 nitrogen and oxygen atoms in total. The molecule has 6 rings (SSSR count). The minimum absolute atomic E-state index is 0.00701. The number of nitrogens with zero attached hydrogens (tertiary/aromatic N) is 4. The normalized spacial score (nSPS) is 21.0. The summed E-state index contributed by atoms with van der Waals surface area (Å²) in [6, 6.07) is 8.41. The number of pyridine rings is 1. The van der Waals surface area contributed by atoms with Crippen LogP contribution >= 0.6 is 24.0 Å². The van der Waals surface area contributed by atoms with Gasteiger partial charge in [-0.3, -0.25) is 14.3 Å². The van der Waals surface area contributed by atoms with Gasteiger partial charge in [-0.1, -0.05) is 36.5 Å². The van der Waals surface area contributed by atoms with E-state index in [1.165, 1.54) is 61.8 Å². The second-order valence-corrected chi connectivity index (χ2v) is 14.5. The van der Waals surface area contributed by atoms with Crippen LogP contribution < -0.4 is 10.3 Å². The molecule has 0 radical (unpaired) electrons. The van der Waals surface area contributed by atoms with Crippen molar-refractivity contribution < 1.29 is 22.3 Å². The lowest BCUT2D eigenvalue weighted by Crippen LogP contribution is -2.50. The number of ether oxygens (including phenoxy) is 1. The Hall–Kier alpha value is -2.77. The average Bonchev–Trinajstić information content (AvgIpc) is 3.47. The zero-order valence-corrected chi connectivity index (χ0v) is 29.2. The monoisotopic (exact) mass is 702 g/mol. The topological polar surface area (TPSA) is 41.0 Å². The van der Waals surface area contributed by atoms with E-state index in [1.54, 1.807) is 23.6 Å². The van der Waals surface area contributed by atoms with Gasteiger partial charge in [0.2, 0.25) is 0 Å². The zero-order valence-electron chi connectivity index (χ0n) is 27.6. The van der Waals surface area contributed by atoms with Gasteiger partial charge >= 0.3 is 6.18 Å². The van der Waals surface area contributed by atoms with E-state index >= 15 is 4.39 Å². The summed E-state index contributed by atoms with van der Waals surface area (Å²) in [7, 11) is 3.55. The summed E-state index contributed by atoms with van der Waals surface area (Å²) in [6.45, 7) is 9.40. The summed E-state index contributed by atoms with van der Waals surface area (Å²) >= 11 is 6.64. The number of rotatable bonds is 9. The molecular weight excluding hydrogens is 661 g/mol. The van der Waals surface area contributed by atoms with E-state index in [9.17, 15) is 18.0 Å². The van der Waals surface area contributed by atoms with Crippen LogP contribution in [0.5, 0.6) is 5.75 Å². The first-order valence-corrected chi connectivity index (χ1v) is 18.0. The van der Waals surface area contributed by atoms with Crippen molar-refractivity contribution in [1.29, 1.82) is 0 Å². The Morgan fingerprint density at radius 2 is 1.73 bits per heavy atom. The highest BCUT2D eigenvalue weighted by Gasteiger charge is 2.37. The van der Waals surface area contributed by atoms with Crippen LogP contribution in [0.1, 0.15) is 46.7 Å². The lowest BCUT2D eigenvalue weighted by molar-refractivity contribution is -0.138. The molecule has 1 aromatic heterocycles. The molecule has 0 spiro atoms. The van der Waals surface area contributed by atoms with Crippen LogP contribution in [0.3, 0.4) is 0 Å². The lowest BCUT2D eigenvalue weighted by Gasteiger charge is -2.39. The summed E-state index contributed by atoms with van der Waals surface area (Å²) in [5.74, 6) is 0.601. The van der Waals surface area contributed by atoms with Gasteiger partial charge in [0.1, 0.15) is 0 Å². The van der Waals surface area contributed by atoms with Gasteiger partial charge < -0.3 is 14.5 Å². The van der Waals surface area contributed by atoms with Gasteiger partial charge in [-0.05, 0) is 73.7 Å². The van der Waals surface area contributed by atoms with Gasteiger partial charge in [0.05, 0.1) is 29.3 Å². The Kier molecular flexibility index (Phi) is 10.7. The number of thiocarbonyl (C=S) groups is 1. The van der Waals surface area contributed by atoms with Crippen molar-refractivity contribution in [3.8, 4) is 16.9 Å². The smallest absolute Gasteiger partial charge is 0.416 e. The van der Waals surface area contributed by atoms with Crippen molar-refractivity contribution in [3.05, 3.63) is 80.4 Å². The van der Waals surface area contributed by atoms with Crippen molar-refractivity contribution in [1.82, 2.24) is 19.3 Å². The van der Waals surface area contributed by atoms with E-state index in [1.807, 2.05) is 0 Å². The van der Waals surface area contributed by atoms with Crippen molar-refractivity contribution in [2.75, 3.05) is 72.3 Å². The predicted octanol–water partition coefficient (Wildman–Crippen LogP) is 6.54. The van der Waals surface area contributed by atoms with Crippen molar-refractivity contribution in [2.24, 2.45) is 5.92 Å². The minimum Gasteiger partial charge on any atom is -0.494 e. The average molecular weight is 703 g/mol. The molecule has 0 saturated carbocycles. The molecule has 3 aliphatic heterocycles. The number of piperidine rings is 1. The molecule has 2 atom stereocenters. The van der Waals surface area contributed by atoms with Crippen LogP contribution in [0.2, 0.25) is 0 Å². The van der Waals surface area contributed by atoms with Gasteiger partial charge in [-0.2, -0.15) is 13.2 Å². The van der Waals surface area contributed by atoms with E-state index in [0.29, 0.717) is 39.9 Å². The Morgan fingerprint density at radius 3 is 2.40 bits per heavy atom. The third-order valence-electron chi connectivity index (χ3n) is 10.1. The van der Waals surface area contributed by atoms with Crippen LogP contribution in [0, 0.1) is 18.7 Å². The number of likely N-dealkylation sites (tertiary alicyclic amines) is 1. The van der Waals surface area contributed by atoms with Gasteiger partial charge in [-0.25, -0.2) is 4.39 Å². The molecule has 2 aromatic carbocycles. The van der Waals surface area contributed by atoms with Gasteiger partial charge in [0, 0.05) is 68.9 Å². The number of benzene rings is 2. The van der Waals surface area contributed by atoms with Crippen molar-refractivity contribution in [3.63, 3.8) is 0 Å². The van der Waals surface area contributed by atoms with Gasteiger partial charge in [0.15, 0.2) is 11.6 Å². The molecule has 12 heteroatoms. The number of alkyl halides is 3. The Bertz CT molecular complexity index is 1720. The number of hydrogen-bond acceptors (Lipinski definition) is 7. The summed E-state index contributed by atoms with van der Waals surface area (Å²) in [5, 5.41) is 1.90. The third-order valence-corrected chi connectivity index (χ3v) is 11.7. The number of fused-ring (bicyclic) bond motifs is 1. The van der Waals surface area contributed by atoms with E-state index < -0.39 is 17.6 Å². The molecule has 0 aliphatic carbocycles. The highest BCUT2D eigenvalue weighted by Crippen LogP contribution is 2.42. The number of piperazine rings is 1. The predicted molar refractivity (Wildman–Crippen MR) is 187 cm³/mol.